The minimum absolute atomic E-state index is 0.135. The van der Waals surface area contributed by atoms with Crippen molar-refractivity contribution in [1.29, 1.82) is 0 Å². The van der Waals surface area contributed by atoms with E-state index in [4.69, 9.17) is 5.73 Å². The second kappa shape index (κ2) is 13.2. The molecule has 2 rings (SSSR count). The van der Waals surface area contributed by atoms with Crippen molar-refractivity contribution in [3.05, 3.63) is 71.8 Å². The zero-order valence-corrected chi connectivity index (χ0v) is 20.2. The lowest BCUT2D eigenvalue weighted by Gasteiger charge is -2.25. The molecule has 3 amide bonds. The molecule has 0 aliphatic rings. The van der Waals surface area contributed by atoms with Crippen LogP contribution in [0.4, 0.5) is 0 Å². The Morgan fingerprint density at radius 2 is 1.11 bits per heavy atom. The Morgan fingerprint density at radius 3 is 1.51 bits per heavy atom. The van der Waals surface area contributed by atoms with Gasteiger partial charge in [-0.15, -0.1) is 0 Å². The number of carboxylic acids is 1. The lowest BCUT2D eigenvalue weighted by atomic mass is 10.0. The molecule has 0 radical (unpaired) electrons. The van der Waals surface area contributed by atoms with Gasteiger partial charge in [-0.1, -0.05) is 74.5 Å². The SMILES string of the molecule is CC(C)[C@H](N)C(=O)N[C@@H](Cc1ccccc1)C(=O)N[C@@H](Cc1ccccc1)C(=O)N[C@@H](C)C(=O)O. The third kappa shape index (κ3) is 8.86. The predicted octanol–water partition coefficient (Wildman–Crippen LogP) is 1.01. The van der Waals surface area contributed by atoms with Gasteiger partial charge in [0.25, 0.3) is 0 Å². The van der Waals surface area contributed by atoms with E-state index in [-0.39, 0.29) is 18.8 Å². The second-order valence-corrected chi connectivity index (χ2v) is 8.84. The Morgan fingerprint density at radius 1 is 0.714 bits per heavy atom. The van der Waals surface area contributed by atoms with Crippen molar-refractivity contribution in [2.24, 2.45) is 11.7 Å². The van der Waals surface area contributed by atoms with E-state index in [9.17, 15) is 24.3 Å². The molecule has 9 nitrogen and oxygen atoms in total. The van der Waals surface area contributed by atoms with Crippen LogP contribution in [0, 0.1) is 5.92 Å². The van der Waals surface area contributed by atoms with Crippen LogP contribution in [-0.2, 0) is 32.0 Å². The highest BCUT2D eigenvalue weighted by Crippen LogP contribution is 2.08. The van der Waals surface area contributed by atoms with E-state index in [1.165, 1.54) is 6.92 Å². The van der Waals surface area contributed by atoms with Crippen LogP contribution in [0.25, 0.3) is 0 Å². The van der Waals surface area contributed by atoms with Gasteiger partial charge in [0, 0.05) is 12.8 Å². The molecule has 35 heavy (non-hydrogen) atoms. The van der Waals surface area contributed by atoms with Crippen molar-refractivity contribution in [1.82, 2.24) is 16.0 Å². The van der Waals surface area contributed by atoms with Gasteiger partial charge < -0.3 is 26.8 Å². The van der Waals surface area contributed by atoms with E-state index >= 15 is 0 Å². The summed E-state index contributed by atoms with van der Waals surface area (Å²) in [5, 5.41) is 17.0. The highest BCUT2D eigenvalue weighted by atomic mass is 16.4. The van der Waals surface area contributed by atoms with Crippen LogP contribution in [0.15, 0.2) is 60.7 Å². The molecule has 188 valence electrons. The minimum Gasteiger partial charge on any atom is -0.480 e. The van der Waals surface area contributed by atoms with Crippen molar-refractivity contribution >= 4 is 23.7 Å². The van der Waals surface area contributed by atoms with Crippen LogP contribution in [0.5, 0.6) is 0 Å². The number of amides is 3. The Kier molecular flexibility index (Phi) is 10.4. The summed E-state index contributed by atoms with van der Waals surface area (Å²) in [6.07, 6.45) is 0.330. The molecule has 0 heterocycles. The van der Waals surface area contributed by atoms with Crippen LogP contribution in [0.2, 0.25) is 0 Å². The van der Waals surface area contributed by atoms with Gasteiger partial charge in [-0.05, 0) is 24.0 Å². The molecule has 0 bridgehead atoms. The maximum absolute atomic E-state index is 13.3. The molecule has 9 heteroatoms. The van der Waals surface area contributed by atoms with Crippen molar-refractivity contribution in [2.45, 2.75) is 57.8 Å². The van der Waals surface area contributed by atoms with E-state index in [2.05, 4.69) is 16.0 Å². The third-order valence-electron chi connectivity index (χ3n) is 5.58. The average molecular weight is 483 g/mol. The zero-order chi connectivity index (χ0) is 26.0. The summed E-state index contributed by atoms with van der Waals surface area (Å²) in [5.74, 6) is -3.01. The lowest BCUT2D eigenvalue weighted by molar-refractivity contribution is -0.141. The summed E-state index contributed by atoms with van der Waals surface area (Å²) in [5.41, 5.74) is 7.57. The molecule has 2 aromatic carbocycles. The van der Waals surface area contributed by atoms with Gasteiger partial charge in [0.15, 0.2) is 0 Å². The molecule has 0 aliphatic carbocycles. The molecular formula is C26H34N4O5. The maximum atomic E-state index is 13.3. The number of nitrogens with two attached hydrogens (primary N) is 1. The molecule has 4 atom stereocenters. The monoisotopic (exact) mass is 482 g/mol. The molecule has 0 aromatic heterocycles. The molecule has 6 N–H and O–H groups in total. The van der Waals surface area contributed by atoms with Crippen molar-refractivity contribution in [2.75, 3.05) is 0 Å². The Labute approximate surface area is 205 Å². The average Bonchev–Trinajstić information content (AvgIpc) is 2.83. The highest BCUT2D eigenvalue weighted by Gasteiger charge is 2.30. The summed E-state index contributed by atoms with van der Waals surface area (Å²) < 4.78 is 0. The second-order valence-electron chi connectivity index (χ2n) is 8.84. The fraction of sp³-hybridized carbons (Fsp3) is 0.385. The first-order valence-electron chi connectivity index (χ1n) is 11.6. The number of nitrogens with one attached hydrogen (secondary N) is 3. The highest BCUT2D eigenvalue weighted by molar-refractivity contribution is 5.94. The number of aliphatic carboxylic acids is 1. The van der Waals surface area contributed by atoms with Gasteiger partial charge in [0.2, 0.25) is 17.7 Å². The summed E-state index contributed by atoms with van der Waals surface area (Å²) in [6.45, 7) is 4.95. The van der Waals surface area contributed by atoms with Gasteiger partial charge in [-0.25, -0.2) is 0 Å². The number of benzene rings is 2. The molecule has 0 spiro atoms. The van der Waals surface area contributed by atoms with Crippen molar-refractivity contribution in [3.8, 4) is 0 Å². The zero-order valence-electron chi connectivity index (χ0n) is 20.2. The first-order valence-corrected chi connectivity index (χ1v) is 11.6. The first-order chi connectivity index (χ1) is 16.6. The van der Waals surface area contributed by atoms with E-state index in [1.54, 1.807) is 38.1 Å². The number of carbonyl (C=O) groups excluding carboxylic acids is 3. The normalized spacial score (nSPS) is 14.3. The van der Waals surface area contributed by atoms with E-state index in [1.807, 2.05) is 36.4 Å². The lowest BCUT2D eigenvalue weighted by Crippen LogP contribution is -2.58. The number of carbonyl (C=O) groups is 4. The van der Waals surface area contributed by atoms with Crippen LogP contribution < -0.4 is 21.7 Å². The fourth-order valence-corrected chi connectivity index (χ4v) is 3.34. The molecule has 0 aliphatic heterocycles. The van der Waals surface area contributed by atoms with Crippen molar-refractivity contribution in [3.63, 3.8) is 0 Å². The van der Waals surface area contributed by atoms with Gasteiger partial charge in [0.05, 0.1) is 6.04 Å². The van der Waals surface area contributed by atoms with Crippen LogP contribution >= 0.6 is 0 Å². The van der Waals surface area contributed by atoms with Crippen molar-refractivity contribution < 1.29 is 24.3 Å². The van der Waals surface area contributed by atoms with Gasteiger partial charge >= 0.3 is 5.97 Å². The van der Waals surface area contributed by atoms with Crippen LogP contribution in [-0.4, -0.2) is 53.0 Å². The Balaban J connectivity index is 2.26. The van der Waals surface area contributed by atoms with E-state index in [0.29, 0.717) is 0 Å². The molecule has 0 saturated heterocycles. The smallest absolute Gasteiger partial charge is 0.325 e. The summed E-state index contributed by atoms with van der Waals surface area (Å²) in [7, 11) is 0. The fourth-order valence-electron chi connectivity index (χ4n) is 3.34. The Bertz CT molecular complexity index is 997. The van der Waals surface area contributed by atoms with E-state index < -0.39 is 47.9 Å². The summed E-state index contributed by atoms with van der Waals surface area (Å²) >= 11 is 0. The maximum Gasteiger partial charge on any atom is 0.325 e. The number of hydrogen-bond acceptors (Lipinski definition) is 5. The number of hydrogen-bond donors (Lipinski definition) is 5. The number of rotatable bonds is 12. The molecule has 2 aromatic rings. The molecular weight excluding hydrogens is 448 g/mol. The van der Waals surface area contributed by atoms with E-state index in [0.717, 1.165) is 11.1 Å². The summed E-state index contributed by atoms with van der Waals surface area (Å²) in [6, 6.07) is 14.2. The quantitative estimate of drug-likeness (QED) is 0.305. The third-order valence-corrected chi connectivity index (χ3v) is 5.58. The topological polar surface area (TPSA) is 151 Å². The summed E-state index contributed by atoms with van der Waals surface area (Å²) in [4.78, 5) is 50.1. The Hall–Kier alpha value is -3.72. The molecule has 0 saturated carbocycles. The van der Waals surface area contributed by atoms with Gasteiger partial charge in [-0.3, -0.25) is 19.2 Å². The van der Waals surface area contributed by atoms with Crippen LogP contribution in [0.1, 0.15) is 31.9 Å². The minimum atomic E-state index is -1.19. The van der Waals surface area contributed by atoms with Gasteiger partial charge in [-0.2, -0.15) is 0 Å². The molecule has 0 unspecified atom stereocenters. The van der Waals surface area contributed by atoms with Gasteiger partial charge in [0.1, 0.15) is 18.1 Å². The molecule has 0 fully saturated rings. The predicted molar refractivity (Wildman–Crippen MR) is 132 cm³/mol. The largest absolute Gasteiger partial charge is 0.480 e. The van der Waals surface area contributed by atoms with Crippen LogP contribution in [0.3, 0.4) is 0 Å². The standard InChI is InChI=1S/C26H34N4O5/c1-16(2)22(27)25(33)30-21(15-19-12-8-5-9-13-19)24(32)29-20(14-18-10-6-4-7-11-18)23(31)28-17(3)26(34)35/h4-13,16-17,20-22H,14-15,27H2,1-3H3,(H,28,31)(H,29,32)(H,30,33)(H,34,35)/t17-,20-,21-,22-/m0/s1. The number of carboxylic acid groups (broad SMARTS) is 1. The first kappa shape index (κ1) is 27.5.